The Bertz CT molecular complexity index is 310. The Morgan fingerprint density at radius 1 is 1.17 bits per heavy atom. The van der Waals surface area contributed by atoms with Gasteiger partial charge in [-0.2, -0.15) is 13.2 Å². The number of carbonyl (C=O) groups excluding carboxylic acids is 1. The topological polar surface area (TPSA) is 53.2 Å². The Morgan fingerprint density at radius 3 is 2.48 bits per heavy atom. The van der Waals surface area contributed by atoms with Gasteiger partial charge in [0.25, 0.3) is 0 Å². The highest BCUT2D eigenvalue weighted by atomic mass is 32.2. The van der Waals surface area contributed by atoms with Crippen LogP contribution < -0.4 is 14.8 Å². The Balaban J connectivity index is 3.21. The molecule has 10 heteroatoms. The molecule has 0 radical (unpaired) electrons. The molecule has 0 fully saturated rings. The molecule has 0 saturated heterocycles. The van der Waals surface area contributed by atoms with Crippen LogP contribution in [-0.2, 0) is 4.79 Å². The number of hydrogen-bond acceptors (Lipinski definition) is 7. The fourth-order valence-corrected chi connectivity index (χ4v) is 3.76. The summed E-state index contributed by atoms with van der Waals surface area (Å²) in [6.45, 7) is 5.15. The Labute approximate surface area is 149 Å². The van der Waals surface area contributed by atoms with Crippen molar-refractivity contribution in [3.8, 4) is 0 Å². The molecule has 0 spiro atoms. The minimum absolute atomic E-state index is 0.0499. The quantitative estimate of drug-likeness (QED) is 0.224. The van der Waals surface area contributed by atoms with Crippen LogP contribution in [0, 0.1) is 0 Å². The van der Waals surface area contributed by atoms with Crippen molar-refractivity contribution in [1.82, 2.24) is 14.8 Å². The van der Waals surface area contributed by atoms with Crippen LogP contribution in [0.1, 0.15) is 33.1 Å². The molecule has 4 nitrogen and oxygen atoms in total. The highest BCUT2D eigenvalue weighted by Gasteiger charge is 2.28. The molecule has 0 bridgehead atoms. The lowest BCUT2D eigenvalue weighted by Crippen LogP contribution is -2.38. The summed E-state index contributed by atoms with van der Waals surface area (Å²) >= 11 is 2.65. The van der Waals surface area contributed by atoms with Gasteiger partial charge in [0.2, 0.25) is 0 Å². The van der Waals surface area contributed by atoms with Gasteiger partial charge in [0, 0.05) is 36.7 Å². The minimum Gasteiger partial charge on any atom is -0.307 e. The van der Waals surface area contributed by atoms with Gasteiger partial charge >= 0.3 is 5.51 Å². The lowest BCUT2D eigenvalue weighted by Gasteiger charge is -2.13. The highest BCUT2D eigenvalue weighted by Crippen LogP contribution is 2.29. The lowest BCUT2D eigenvalue weighted by molar-refractivity contribution is -0.119. The highest BCUT2D eigenvalue weighted by molar-refractivity contribution is 8.13. The summed E-state index contributed by atoms with van der Waals surface area (Å²) in [6, 6.07) is -0.0499. The molecule has 0 aromatic rings. The summed E-state index contributed by atoms with van der Waals surface area (Å²) in [5.41, 5.74) is -4.22. The molecule has 1 atom stereocenters. The molecular formula is C13H26F3N3OS3. The maximum atomic E-state index is 11.8. The summed E-state index contributed by atoms with van der Waals surface area (Å²) < 4.78 is 37.7. The number of rotatable bonds is 15. The van der Waals surface area contributed by atoms with E-state index in [2.05, 4.69) is 14.8 Å². The number of hydrogen-bond donors (Lipinski definition) is 3. The van der Waals surface area contributed by atoms with Gasteiger partial charge in [-0.1, -0.05) is 18.9 Å². The number of alkyl halides is 3. The van der Waals surface area contributed by atoms with E-state index >= 15 is 0 Å². The molecule has 3 N–H and O–H groups in total. The Morgan fingerprint density at radius 2 is 1.87 bits per heavy atom. The fourth-order valence-electron chi connectivity index (χ4n) is 1.62. The molecule has 0 aromatic heterocycles. The molecule has 0 aliphatic rings. The zero-order chi connectivity index (χ0) is 17.6. The summed E-state index contributed by atoms with van der Waals surface area (Å²) in [7, 11) is 0. The molecule has 0 heterocycles. The standard InChI is InChI=1S/C13H26F3N3OS3/c1-3-12(11(2)20)18-7-6-17-10-21-8-4-5-9-22-19-23-13(14,15)16/h12,17-19H,3-10H2,1-2H3. The van der Waals surface area contributed by atoms with E-state index in [-0.39, 0.29) is 23.8 Å². The van der Waals surface area contributed by atoms with Crippen molar-refractivity contribution in [1.29, 1.82) is 0 Å². The first-order chi connectivity index (χ1) is 10.9. The van der Waals surface area contributed by atoms with Crippen LogP contribution in [0.15, 0.2) is 0 Å². The number of thioether (sulfide) groups is 1. The molecule has 1 unspecified atom stereocenters. The monoisotopic (exact) mass is 393 g/mol. The number of Topliss-reactive ketones (excluding diaryl/α,β-unsaturated/α-hetero) is 1. The van der Waals surface area contributed by atoms with Gasteiger partial charge in [0.1, 0.15) is 5.78 Å². The van der Waals surface area contributed by atoms with E-state index in [0.29, 0.717) is 5.75 Å². The van der Waals surface area contributed by atoms with Crippen LogP contribution in [0.5, 0.6) is 0 Å². The molecule has 0 saturated carbocycles. The number of carbonyl (C=O) groups is 1. The largest absolute Gasteiger partial charge is 0.456 e. The van der Waals surface area contributed by atoms with Crippen molar-refractivity contribution < 1.29 is 18.0 Å². The predicted octanol–water partition coefficient (Wildman–Crippen LogP) is 3.41. The minimum atomic E-state index is -4.22. The maximum absolute atomic E-state index is 11.8. The van der Waals surface area contributed by atoms with Gasteiger partial charge in [-0.15, -0.1) is 11.8 Å². The number of halogens is 3. The normalized spacial score (nSPS) is 13.3. The van der Waals surface area contributed by atoms with Gasteiger partial charge in [0.15, 0.2) is 0 Å². The van der Waals surface area contributed by atoms with E-state index in [9.17, 15) is 18.0 Å². The lowest BCUT2D eigenvalue weighted by atomic mass is 10.1. The predicted molar refractivity (Wildman–Crippen MR) is 96.6 cm³/mol. The van der Waals surface area contributed by atoms with Crippen LogP contribution in [0.3, 0.4) is 0 Å². The average molecular weight is 394 g/mol. The number of ketones is 1. The molecule has 0 aliphatic heterocycles. The van der Waals surface area contributed by atoms with E-state index in [1.165, 1.54) is 0 Å². The second-order valence-electron chi connectivity index (χ2n) is 4.76. The smallest absolute Gasteiger partial charge is 0.307 e. The fraction of sp³-hybridized carbons (Fsp3) is 0.923. The second-order valence-corrected chi connectivity index (χ2v) is 7.90. The summed E-state index contributed by atoms with van der Waals surface area (Å²) in [5, 5.41) is 6.47. The molecule has 138 valence electrons. The van der Waals surface area contributed by atoms with Crippen molar-refractivity contribution in [2.24, 2.45) is 0 Å². The third kappa shape index (κ3) is 17.0. The first-order valence-corrected chi connectivity index (χ1v) is 10.5. The zero-order valence-electron chi connectivity index (χ0n) is 13.5. The molecule has 0 aromatic carbocycles. The maximum Gasteiger partial charge on any atom is 0.456 e. The SMILES string of the molecule is CCC(NCCNCSCCCCSNSC(F)(F)F)C(C)=O. The first-order valence-electron chi connectivity index (χ1n) is 7.50. The van der Waals surface area contributed by atoms with Crippen molar-refractivity contribution in [3.63, 3.8) is 0 Å². The third-order valence-electron chi connectivity index (χ3n) is 2.80. The van der Waals surface area contributed by atoms with Crippen LogP contribution in [0.25, 0.3) is 0 Å². The van der Waals surface area contributed by atoms with Crippen molar-refractivity contribution in [2.75, 3.05) is 30.5 Å². The van der Waals surface area contributed by atoms with Gasteiger partial charge in [0.05, 0.1) is 6.04 Å². The molecule has 0 aliphatic carbocycles. The third-order valence-corrected chi connectivity index (χ3v) is 5.31. The van der Waals surface area contributed by atoms with Crippen molar-refractivity contribution in [2.45, 2.75) is 44.7 Å². The molecular weight excluding hydrogens is 367 g/mol. The number of unbranched alkanes of at least 4 members (excludes halogenated alkanes) is 1. The van der Waals surface area contributed by atoms with Crippen LogP contribution in [0.2, 0.25) is 0 Å². The van der Waals surface area contributed by atoms with Gasteiger partial charge in [-0.05, 0) is 31.9 Å². The van der Waals surface area contributed by atoms with E-state index in [4.69, 9.17) is 0 Å². The molecule has 23 heavy (non-hydrogen) atoms. The van der Waals surface area contributed by atoms with Gasteiger partial charge < -0.3 is 10.6 Å². The zero-order valence-corrected chi connectivity index (χ0v) is 16.0. The van der Waals surface area contributed by atoms with E-state index in [0.717, 1.165) is 55.9 Å². The average Bonchev–Trinajstić information content (AvgIpc) is 2.46. The van der Waals surface area contributed by atoms with Crippen molar-refractivity contribution in [3.05, 3.63) is 0 Å². The molecule has 0 amide bonds. The van der Waals surface area contributed by atoms with E-state index < -0.39 is 5.51 Å². The second kappa shape index (κ2) is 14.7. The van der Waals surface area contributed by atoms with Crippen LogP contribution >= 0.6 is 35.7 Å². The Kier molecular flexibility index (Phi) is 15.0. The van der Waals surface area contributed by atoms with E-state index in [1.54, 1.807) is 18.7 Å². The summed E-state index contributed by atoms with van der Waals surface area (Å²) in [6.07, 6.45) is 2.68. The van der Waals surface area contributed by atoms with Crippen LogP contribution in [0.4, 0.5) is 13.2 Å². The first kappa shape index (κ1) is 23.4. The Hall–Kier alpha value is 0.390. The number of nitrogens with one attached hydrogen (secondary N) is 3. The molecule has 0 rings (SSSR count). The van der Waals surface area contributed by atoms with Gasteiger partial charge in [-0.3, -0.25) is 4.79 Å². The summed E-state index contributed by atoms with van der Waals surface area (Å²) in [4.78, 5) is 11.2. The van der Waals surface area contributed by atoms with Crippen molar-refractivity contribution >= 4 is 41.4 Å². The van der Waals surface area contributed by atoms with Gasteiger partial charge in [-0.25, -0.2) is 4.13 Å². The summed E-state index contributed by atoms with van der Waals surface area (Å²) in [5.74, 6) is 2.67. The van der Waals surface area contributed by atoms with E-state index in [1.807, 2.05) is 6.92 Å². The van der Waals surface area contributed by atoms with Crippen LogP contribution in [-0.4, -0.2) is 47.8 Å².